The van der Waals surface area contributed by atoms with E-state index in [-0.39, 0.29) is 17.9 Å². The van der Waals surface area contributed by atoms with Crippen molar-refractivity contribution in [3.63, 3.8) is 0 Å². The Hall–Kier alpha value is -1.29. The molecule has 1 amide bonds. The predicted molar refractivity (Wildman–Crippen MR) is 84.3 cm³/mol. The fourth-order valence-electron chi connectivity index (χ4n) is 4.30. The first-order valence-electron chi connectivity index (χ1n) is 8.61. The van der Waals surface area contributed by atoms with Gasteiger partial charge in [0.2, 0.25) is 5.91 Å². The van der Waals surface area contributed by atoms with E-state index >= 15 is 0 Å². The van der Waals surface area contributed by atoms with Crippen LogP contribution in [0.1, 0.15) is 57.4 Å². The summed E-state index contributed by atoms with van der Waals surface area (Å²) in [4.78, 5) is 14.7. The average Bonchev–Trinajstić information content (AvgIpc) is 3.15. The first-order chi connectivity index (χ1) is 10.6. The van der Waals surface area contributed by atoms with Gasteiger partial charge in [0.05, 0.1) is 18.1 Å². The minimum absolute atomic E-state index is 0.227. The van der Waals surface area contributed by atoms with Crippen LogP contribution in [0.5, 0.6) is 0 Å². The maximum atomic E-state index is 12.6. The number of aryl methyl sites for hydroxylation is 1. The molecule has 0 aromatic carbocycles. The molecule has 3 rings (SSSR count). The third kappa shape index (κ3) is 3.22. The Morgan fingerprint density at radius 2 is 2.27 bits per heavy atom. The van der Waals surface area contributed by atoms with Gasteiger partial charge in [-0.3, -0.25) is 4.79 Å². The Bertz CT molecular complexity index is 494. The molecule has 0 unspecified atom stereocenters. The molecule has 1 saturated heterocycles. The summed E-state index contributed by atoms with van der Waals surface area (Å²) in [5.74, 6) is 0.465. The number of carbonyl (C=O) groups excluding carboxylic acids is 1. The van der Waals surface area contributed by atoms with Gasteiger partial charge >= 0.3 is 0 Å². The molecule has 22 heavy (non-hydrogen) atoms. The van der Waals surface area contributed by atoms with Crippen LogP contribution >= 0.6 is 0 Å². The Morgan fingerprint density at radius 1 is 1.41 bits per heavy atom. The Balaban J connectivity index is 1.63. The van der Waals surface area contributed by atoms with Crippen LogP contribution in [0.15, 0.2) is 23.0 Å². The van der Waals surface area contributed by atoms with Gasteiger partial charge in [-0.05, 0) is 50.7 Å². The van der Waals surface area contributed by atoms with Crippen molar-refractivity contribution in [2.75, 3.05) is 6.54 Å². The van der Waals surface area contributed by atoms with Gasteiger partial charge < -0.3 is 14.4 Å². The summed E-state index contributed by atoms with van der Waals surface area (Å²) in [5, 5.41) is 10.7. The highest BCUT2D eigenvalue weighted by Gasteiger charge is 2.44. The maximum absolute atomic E-state index is 12.6. The fourth-order valence-corrected chi connectivity index (χ4v) is 4.30. The Labute approximate surface area is 132 Å². The van der Waals surface area contributed by atoms with Gasteiger partial charge in [-0.1, -0.05) is 12.8 Å². The van der Waals surface area contributed by atoms with Crippen LogP contribution in [-0.2, 0) is 11.2 Å². The first-order valence-corrected chi connectivity index (χ1v) is 8.61. The molecule has 1 aromatic rings. The van der Waals surface area contributed by atoms with Crippen LogP contribution in [0.3, 0.4) is 0 Å². The van der Waals surface area contributed by atoms with E-state index in [1.165, 1.54) is 6.42 Å². The van der Waals surface area contributed by atoms with E-state index in [1.807, 2.05) is 17.9 Å². The lowest BCUT2D eigenvalue weighted by atomic mass is 9.72. The summed E-state index contributed by atoms with van der Waals surface area (Å²) >= 11 is 0. The van der Waals surface area contributed by atoms with Crippen molar-refractivity contribution in [2.24, 2.45) is 5.92 Å². The topological polar surface area (TPSA) is 53.7 Å². The molecule has 2 aliphatic rings. The van der Waals surface area contributed by atoms with Gasteiger partial charge in [0.1, 0.15) is 0 Å². The second-order valence-corrected chi connectivity index (χ2v) is 7.14. The summed E-state index contributed by atoms with van der Waals surface area (Å²) in [6.07, 6.45) is 10.9. The monoisotopic (exact) mass is 305 g/mol. The predicted octanol–water partition coefficient (Wildman–Crippen LogP) is 3.14. The number of aliphatic hydroxyl groups is 1. The van der Waals surface area contributed by atoms with Crippen molar-refractivity contribution in [2.45, 2.75) is 69.9 Å². The summed E-state index contributed by atoms with van der Waals surface area (Å²) in [6.45, 7) is 2.81. The Morgan fingerprint density at radius 3 is 3.00 bits per heavy atom. The van der Waals surface area contributed by atoms with Gasteiger partial charge in [0.25, 0.3) is 0 Å². The molecule has 1 aromatic heterocycles. The second kappa shape index (κ2) is 6.45. The van der Waals surface area contributed by atoms with Gasteiger partial charge in [0.15, 0.2) is 0 Å². The van der Waals surface area contributed by atoms with E-state index in [0.717, 1.165) is 50.6 Å². The van der Waals surface area contributed by atoms with Crippen molar-refractivity contribution in [1.82, 2.24) is 4.90 Å². The molecule has 0 radical (unpaired) electrons. The zero-order chi connectivity index (χ0) is 15.6. The maximum Gasteiger partial charge on any atom is 0.223 e. The fraction of sp³-hybridized carbons (Fsp3) is 0.722. The van der Waals surface area contributed by atoms with E-state index in [4.69, 9.17) is 4.42 Å². The molecule has 1 aliphatic carbocycles. The molecule has 4 nitrogen and oxygen atoms in total. The van der Waals surface area contributed by atoms with Crippen LogP contribution in [0, 0.1) is 5.92 Å². The van der Waals surface area contributed by atoms with Crippen LogP contribution in [0.25, 0.3) is 0 Å². The molecule has 1 N–H and O–H groups in total. The normalized spacial score (nSPS) is 32.4. The minimum Gasteiger partial charge on any atom is -0.472 e. The number of furan rings is 1. The van der Waals surface area contributed by atoms with Gasteiger partial charge in [-0.15, -0.1) is 0 Å². The molecule has 1 aliphatic heterocycles. The van der Waals surface area contributed by atoms with Crippen LogP contribution in [-0.4, -0.2) is 34.1 Å². The van der Waals surface area contributed by atoms with E-state index in [9.17, 15) is 9.90 Å². The summed E-state index contributed by atoms with van der Waals surface area (Å²) in [6, 6.07) is 2.15. The minimum atomic E-state index is -0.615. The number of rotatable bonds is 4. The van der Waals surface area contributed by atoms with Gasteiger partial charge in [0, 0.05) is 24.9 Å². The van der Waals surface area contributed by atoms with Gasteiger partial charge in [-0.25, -0.2) is 0 Å². The van der Waals surface area contributed by atoms with Crippen LogP contribution < -0.4 is 0 Å². The highest BCUT2D eigenvalue weighted by atomic mass is 16.3. The Kier molecular flexibility index (Phi) is 4.57. The second-order valence-electron chi connectivity index (χ2n) is 7.14. The van der Waals surface area contributed by atoms with E-state index in [1.54, 1.807) is 12.5 Å². The molecular formula is C18H27NO3. The molecule has 0 bridgehead atoms. The van der Waals surface area contributed by atoms with Crippen molar-refractivity contribution >= 4 is 5.91 Å². The summed E-state index contributed by atoms with van der Waals surface area (Å²) in [7, 11) is 0. The third-order valence-corrected chi connectivity index (χ3v) is 5.54. The van der Waals surface area contributed by atoms with Crippen molar-refractivity contribution < 1.29 is 14.3 Å². The van der Waals surface area contributed by atoms with E-state index in [2.05, 4.69) is 0 Å². The number of amides is 1. The van der Waals surface area contributed by atoms with Gasteiger partial charge in [-0.2, -0.15) is 0 Å². The van der Waals surface area contributed by atoms with Crippen LogP contribution in [0.4, 0.5) is 0 Å². The molecule has 2 heterocycles. The standard InChI is InChI=1S/C18H27NO3/c1-18(21)10-3-2-5-15(18)16-6-4-11-19(16)17(20)8-7-14-9-12-22-13-14/h9,12-13,15-16,21H,2-8,10-11H2,1H3/t15-,16-,18+/m1/s1. The molecule has 122 valence electrons. The highest BCUT2D eigenvalue weighted by molar-refractivity contribution is 5.77. The van der Waals surface area contributed by atoms with E-state index in [0.29, 0.717) is 6.42 Å². The quantitative estimate of drug-likeness (QED) is 0.929. The number of carbonyl (C=O) groups is 1. The lowest BCUT2D eigenvalue weighted by Crippen LogP contribution is -2.50. The average molecular weight is 305 g/mol. The lowest BCUT2D eigenvalue weighted by Gasteiger charge is -2.43. The smallest absolute Gasteiger partial charge is 0.223 e. The van der Waals surface area contributed by atoms with Crippen molar-refractivity contribution in [3.8, 4) is 0 Å². The molecule has 0 spiro atoms. The largest absolute Gasteiger partial charge is 0.472 e. The number of hydrogen-bond acceptors (Lipinski definition) is 3. The summed E-state index contributed by atoms with van der Waals surface area (Å²) < 4.78 is 5.06. The van der Waals surface area contributed by atoms with E-state index < -0.39 is 5.60 Å². The molecule has 3 atom stereocenters. The first kappa shape index (κ1) is 15.6. The molecule has 4 heteroatoms. The number of likely N-dealkylation sites (tertiary alicyclic amines) is 1. The zero-order valence-electron chi connectivity index (χ0n) is 13.5. The number of nitrogens with zero attached hydrogens (tertiary/aromatic N) is 1. The zero-order valence-corrected chi connectivity index (χ0v) is 13.5. The third-order valence-electron chi connectivity index (χ3n) is 5.54. The van der Waals surface area contributed by atoms with Crippen LogP contribution in [0.2, 0.25) is 0 Å². The SMILES string of the molecule is C[C@]1(O)CCCC[C@@H]1[C@H]1CCCN1C(=O)CCc1ccoc1. The van der Waals surface area contributed by atoms with Crippen molar-refractivity contribution in [3.05, 3.63) is 24.2 Å². The number of hydrogen-bond donors (Lipinski definition) is 1. The molecule has 2 fully saturated rings. The van der Waals surface area contributed by atoms with Crippen molar-refractivity contribution in [1.29, 1.82) is 0 Å². The molecule has 1 saturated carbocycles. The lowest BCUT2D eigenvalue weighted by molar-refractivity contribution is -0.136. The summed E-state index contributed by atoms with van der Waals surface area (Å²) in [5.41, 5.74) is 0.463. The molecular weight excluding hydrogens is 278 g/mol. The highest BCUT2D eigenvalue weighted by Crippen LogP contribution is 2.40.